The van der Waals surface area contributed by atoms with E-state index in [-0.39, 0.29) is 40.8 Å². The Bertz CT molecular complexity index is 58.3. The molecule has 1 atom stereocenters. The van der Waals surface area contributed by atoms with Crippen molar-refractivity contribution in [3.05, 3.63) is 6.42 Å². The van der Waals surface area contributed by atoms with E-state index in [0.717, 1.165) is 5.92 Å². The van der Waals surface area contributed by atoms with Crippen LogP contribution in [0.5, 0.6) is 0 Å². The molecule has 10 heavy (non-hydrogen) atoms. The third kappa shape index (κ3) is 5.04. The Morgan fingerprint density at radius 1 is 1.40 bits per heavy atom. The van der Waals surface area contributed by atoms with E-state index in [1.54, 1.807) is 0 Å². The smallest absolute Gasteiger partial charge is 0 e. The number of rotatable bonds is 1. The summed E-state index contributed by atoms with van der Waals surface area (Å²) in [4.78, 5) is 0. The van der Waals surface area contributed by atoms with Gasteiger partial charge >= 0.3 is 0 Å². The average Bonchev–Trinajstić information content (AvgIpc) is 1.90. The van der Waals surface area contributed by atoms with E-state index in [0.29, 0.717) is 0 Å². The van der Waals surface area contributed by atoms with Crippen LogP contribution in [0, 0.1) is 12.3 Å². The summed E-state index contributed by atoms with van der Waals surface area (Å²) in [6.07, 6.45) is 9.51. The summed E-state index contributed by atoms with van der Waals surface area (Å²) in [5.74, 6) is 1.03. The fraction of sp³-hybridized carbons (Fsp3) is 0.875. The van der Waals surface area contributed by atoms with Crippen LogP contribution in [0.25, 0.3) is 0 Å². The van der Waals surface area contributed by atoms with Crippen molar-refractivity contribution in [1.82, 2.24) is 0 Å². The molecule has 1 aliphatic carbocycles. The van der Waals surface area contributed by atoms with Crippen LogP contribution in [-0.4, -0.2) is 0 Å². The van der Waals surface area contributed by atoms with E-state index in [1.807, 2.05) is 0 Å². The normalized spacial score (nSPS) is 24.3. The fourth-order valence-corrected chi connectivity index (χ4v) is 1.39. The Morgan fingerprint density at radius 2 is 2.10 bits per heavy atom. The minimum absolute atomic E-state index is 0. The monoisotopic (exact) mass is 485 g/mol. The van der Waals surface area contributed by atoms with Crippen molar-refractivity contribution >= 4 is 0 Å². The zero-order chi connectivity index (χ0) is 5.82. The molecule has 0 saturated heterocycles. The minimum atomic E-state index is 0. The maximum atomic E-state index is 2.44. The van der Waals surface area contributed by atoms with Gasteiger partial charge < -0.3 is 6.42 Å². The second-order valence-electron chi connectivity index (χ2n) is 2.73. The Kier molecular flexibility index (Phi) is 11.7. The summed E-state index contributed by atoms with van der Waals surface area (Å²) in [6, 6.07) is 0. The molecule has 1 saturated carbocycles. The average molecular weight is 484 g/mol. The molecule has 2 radical (unpaired) electrons. The molecule has 0 aromatic heterocycles. The molecule has 1 aliphatic rings. The van der Waals surface area contributed by atoms with Crippen molar-refractivity contribution < 1.29 is 40.8 Å². The van der Waals surface area contributed by atoms with Gasteiger partial charge in [-0.1, -0.05) is 32.1 Å². The molecule has 0 nitrogen and oxygen atoms in total. The van der Waals surface area contributed by atoms with Crippen molar-refractivity contribution in [1.29, 1.82) is 0 Å². The van der Waals surface area contributed by atoms with Gasteiger partial charge in [-0.3, -0.25) is 0 Å². The van der Waals surface area contributed by atoms with Crippen molar-refractivity contribution in [3.8, 4) is 0 Å². The predicted molar refractivity (Wildman–Crippen MR) is 36.5 cm³/mol. The standard InChI is InChI=1S/C8H15.2Re/c1-2-8-6-4-3-5-7-8;;/h4,8H,2-3,5-7H2,1H3;;/q-1;;. The molecule has 0 heterocycles. The van der Waals surface area contributed by atoms with Crippen LogP contribution in [0.15, 0.2) is 0 Å². The topological polar surface area (TPSA) is 0 Å². The first-order valence-corrected chi connectivity index (χ1v) is 3.75. The first-order valence-electron chi connectivity index (χ1n) is 3.75. The van der Waals surface area contributed by atoms with E-state index < -0.39 is 0 Å². The van der Waals surface area contributed by atoms with Gasteiger partial charge in [0.1, 0.15) is 0 Å². The van der Waals surface area contributed by atoms with E-state index >= 15 is 0 Å². The van der Waals surface area contributed by atoms with Gasteiger partial charge in [0, 0.05) is 40.8 Å². The van der Waals surface area contributed by atoms with Gasteiger partial charge in [-0.15, -0.1) is 0 Å². The van der Waals surface area contributed by atoms with Gasteiger partial charge in [0.05, 0.1) is 0 Å². The van der Waals surface area contributed by atoms with Crippen LogP contribution in [0.3, 0.4) is 0 Å². The summed E-state index contributed by atoms with van der Waals surface area (Å²) in [5.41, 5.74) is 0. The van der Waals surface area contributed by atoms with E-state index in [9.17, 15) is 0 Å². The van der Waals surface area contributed by atoms with Crippen LogP contribution < -0.4 is 0 Å². The Balaban J connectivity index is 0. The summed E-state index contributed by atoms with van der Waals surface area (Å²) >= 11 is 0. The van der Waals surface area contributed by atoms with E-state index in [1.165, 1.54) is 32.1 Å². The second kappa shape index (κ2) is 8.42. The first-order chi connectivity index (χ1) is 3.93. The maximum absolute atomic E-state index is 2.44. The number of hydrogen-bond acceptors (Lipinski definition) is 0. The second-order valence-corrected chi connectivity index (χ2v) is 2.73. The van der Waals surface area contributed by atoms with Crippen molar-refractivity contribution in [2.24, 2.45) is 5.92 Å². The third-order valence-corrected chi connectivity index (χ3v) is 2.10. The molecule has 62 valence electrons. The zero-order valence-electron chi connectivity index (χ0n) is 6.45. The van der Waals surface area contributed by atoms with Crippen LogP contribution in [0.4, 0.5) is 0 Å². The molecular weight excluding hydrogens is 469 g/mol. The SMILES string of the molecule is CCC1C[CH-]CCC1.[Re].[Re]. The maximum Gasteiger partial charge on any atom is 0 e. The van der Waals surface area contributed by atoms with Gasteiger partial charge in [-0.25, -0.2) is 0 Å². The molecule has 0 aromatic carbocycles. The van der Waals surface area contributed by atoms with E-state index in [2.05, 4.69) is 13.3 Å². The molecule has 0 spiro atoms. The summed E-state index contributed by atoms with van der Waals surface area (Å²) in [6.45, 7) is 2.30. The Labute approximate surface area is 91.8 Å². The van der Waals surface area contributed by atoms with Crippen LogP contribution in [-0.2, 0) is 40.8 Å². The molecule has 1 rings (SSSR count). The van der Waals surface area contributed by atoms with Gasteiger partial charge in [0.2, 0.25) is 0 Å². The van der Waals surface area contributed by atoms with Crippen LogP contribution >= 0.6 is 0 Å². The van der Waals surface area contributed by atoms with Gasteiger partial charge in [-0.2, -0.15) is 12.8 Å². The van der Waals surface area contributed by atoms with Crippen molar-refractivity contribution in [2.45, 2.75) is 39.0 Å². The zero-order valence-corrected chi connectivity index (χ0v) is 11.9. The van der Waals surface area contributed by atoms with E-state index in [4.69, 9.17) is 0 Å². The third-order valence-electron chi connectivity index (χ3n) is 2.10. The Hall–Kier alpha value is 1.32. The first kappa shape index (κ1) is 13.9. The molecule has 1 unspecified atom stereocenters. The van der Waals surface area contributed by atoms with Gasteiger partial charge in [0.15, 0.2) is 0 Å². The predicted octanol–water partition coefficient (Wildman–Crippen LogP) is 2.79. The number of hydrogen-bond donors (Lipinski definition) is 0. The molecular formula is C8H15Re2-. The fourth-order valence-electron chi connectivity index (χ4n) is 1.39. The molecule has 0 aromatic rings. The summed E-state index contributed by atoms with van der Waals surface area (Å²) in [5, 5.41) is 0. The molecule has 0 bridgehead atoms. The Morgan fingerprint density at radius 3 is 2.40 bits per heavy atom. The molecule has 2 heteroatoms. The quantitative estimate of drug-likeness (QED) is 0.504. The molecule has 1 fully saturated rings. The van der Waals surface area contributed by atoms with Crippen LogP contribution in [0.2, 0.25) is 0 Å². The largest absolute Gasteiger partial charge is 0.328 e. The molecule has 0 N–H and O–H groups in total. The van der Waals surface area contributed by atoms with Gasteiger partial charge in [-0.05, 0) is 0 Å². The minimum Gasteiger partial charge on any atom is -0.328 e. The summed E-state index contributed by atoms with van der Waals surface area (Å²) in [7, 11) is 0. The summed E-state index contributed by atoms with van der Waals surface area (Å²) < 4.78 is 0. The van der Waals surface area contributed by atoms with Crippen molar-refractivity contribution in [2.75, 3.05) is 0 Å². The molecule has 0 aliphatic heterocycles. The molecule has 0 amide bonds. The van der Waals surface area contributed by atoms with Gasteiger partial charge in [0.25, 0.3) is 0 Å². The van der Waals surface area contributed by atoms with Crippen molar-refractivity contribution in [3.63, 3.8) is 0 Å². The van der Waals surface area contributed by atoms with Crippen LogP contribution in [0.1, 0.15) is 39.0 Å².